The van der Waals surface area contributed by atoms with Crippen LogP contribution >= 0.6 is 27.5 Å². The number of amides is 1. The van der Waals surface area contributed by atoms with Gasteiger partial charge >= 0.3 is 0 Å². The van der Waals surface area contributed by atoms with Gasteiger partial charge in [0, 0.05) is 48.5 Å². The van der Waals surface area contributed by atoms with Crippen molar-refractivity contribution in [2.75, 3.05) is 38.2 Å². The highest BCUT2D eigenvalue weighted by atomic mass is 79.9. The number of hydrogen-bond acceptors (Lipinski definition) is 4. The number of aromatic nitrogens is 1. The van der Waals surface area contributed by atoms with E-state index in [1.54, 1.807) is 25.5 Å². The zero-order chi connectivity index (χ0) is 18.5. The van der Waals surface area contributed by atoms with E-state index in [0.717, 1.165) is 34.7 Å². The maximum atomic E-state index is 12.5. The molecule has 26 heavy (non-hydrogen) atoms. The Morgan fingerprint density at radius 2 is 2.00 bits per heavy atom. The molecule has 2 heterocycles. The molecule has 3 rings (SSSR count). The highest BCUT2D eigenvalue weighted by Gasteiger charge is 2.20. The average Bonchev–Trinajstić information content (AvgIpc) is 2.67. The summed E-state index contributed by atoms with van der Waals surface area (Å²) in [6.07, 6.45) is 5.03. The van der Waals surface area contributed by atoms with Crippen LogP contribution in [0.3, 0.4) is 0 Å². The topological polar surface area (TPSA) is 45.7 Å². The molecule has 2 aromatic rings. The SMILES string of the molecule is COc1ccc(Br)cc1/C=C/C(=O)N1CCN(c2ccc(Cl)cn2)CC1. The summed E-state index contributed by atoms with van der Waals surface area (Å²) >= 11 is 9.32. The van der Waals surface area contributed by atoms with Crippen molar-refractivity contribution in [1.29, 1.82) is 0 Å². The van der Waals surface area contributed by atoms with Crippen molar-refractivity contribution in [2.24, 2.45) is 0 Å². The summed E-state index contributed by atoms with van der Waals surface area (Å²) < 4.78 is 6.27. The highest BCUT2D eigenvalue weighted by molar-refractivity contribution is 9.10. The molecule has 0 unspecified atom stereocenters. The summed E-state index contributed by atoms with van der Waals surface area (Å²) in [7, 11) is 1.62. The number of benzene rings is 1. The number of carbonyl (C=O) groups excluding carboxylic acids is 1. The van der Waals surface area contributed by atoms with E-state index < -0.39 is 0 Å². The minimum Gasteiger partial charge on any atom is -0.496 e. The first-order valence-electron chi connectivity index (χ1n) is 8.24. The smallest absolute Gasteiger partial charge is 0.246 e. The second kappa shape index (κ2) is 8.56. The van der Waals surface area contributed by atoms with Gasteiger partial charge < -0.3 is 14.5 Å². The van der Waals surface area contributed by atoms with Crippen LogP contribution in [0.15, 0.2) is 47.1 Å². The Balaban J connectivity index is 1.60. The highest BCUT2D eigenvalue weighted by Crippen LogP contribution is 2.24. The zero-order valence-corrected chi connectivity index (χ0v) is 16.7. The molecule has 1 fully saturated rings. The number of carbonyl (C=O) groups is 1. The summed E-state index contributed by atoms with van der Waals surface area (Å²) in [5.74, 6) is 1.61. The van der Waals surface area contributed by atoms with Crippen molar-refractivity contribution in [3.05, 3.63) is 57.7 Å². The fourth-order valence-electron chi connectivity index (χ4n) is 2.81. The molecule has 0 atom stereocenters. The summed E-state index contributed by atoms with van der Waals surface area (Å²) in [5, 5.41) is 0.621. The van der Waals surface area contributed by atoms with Crippen LogP contribution in [0.2, 0.25) is 5.02 Å². The van der Waals surface area contributed by atoms with E-state index in [4.69, 9.17) is 16.3 Å². The van der Waals surface area contributed by atoms with Gasteiger partial charge in [-0.1, -0.05) is 27.5 Å². The summed E-state index contributed by atoms with van der Waals surface area (Å²) in [6, 6.07) is 9.43. The molecular formula is C19H19BrClN3O2. The van der Waals surface area contributed by atoms with Crippen molar-refractivity contribution < 1.29 is 9.53 Å². The number of rotatable bonds is 4. The number of methoxy groups -OCH3 is 1. The maximum absolute atomic E-state index is 12.5. The molecular weight excluding hydrogens is 418 g/mol. The molecule has 0 aliphatic carbocycles. The lowest BCUT2D eigenvalue weighted by Crippen LogP contribution is -2.48. The zero-order valence-electron chi connectivity index (χ0n) is 14.4. The minimum absolute atomic E-state index is 0.00394. The number of piperazine rings is 1. The molecule has 7 heteroatoms. The average molecular weight is 437 g/mol. The van der Waals surface area contributed by atoms with Crippen molar-refractivity contribution in [1.82, 2.24) is 9.88 Å². The number of anilines is 1. The van der Waals surface area contributed by atoms with Crippen LogP contribution in [0.25, 0.3) is 6.08 Å². The predicted octanol–water partition coefficient (Wildman–Crippen LogP) is 3.87. The molecule has 136 valence electrons. The number of nitrogens with zero attached hydrogens (tertiary/aromatic N) is 3. The number of ether oxygens (including phenoxy) is 1. The van der Waals surface area contributed by atoms with Crippen LogP contribution in [0.4, 0.5) is 5.82 Å². The van der Waals surface area contributed by atoms with Crippen LogP contribution in [0, 0.1) is 0 Å². The molecule has 0 radical (unpaired) electrons. The number of hydrogen-bond donors (Lipinski definition) is 0. The fourth-order valence-corrected chi connectivity index (χ4v) is 3.30. The van der Waals surface area contributed by atoms with Crippen LogP contribution in [-0.2, 0) is 4.79 Å². The third kappa shape index (κ3) is 4.56. The van der Waals surface area contributed by atoms with Gasteiger partial charge in [0.15, 0.2) is 0 Å². The Bertz CT molecular complexity index is 803. The summed E-state index contributed by atoms with van der Waals surface area (Å²) in [6.45, 7) is 2.80. The third-order valence-electron chi connectivity index (χ3n) is 4.22. The van der Waals surface area contributed by atoms with E-state index in [0.29, 0.717) is 18.1 Å². The second-order valence-electron chi connectivity index (χ2n) is 5.87. The van der Waals surface area contributed by atoms with E-state index in [1.807, 2.05) is 35.2 Å². The molecule has 0 saturated carbocycles. The van der Waals surface area contributed by atoms with Crippen LogP contribution in [0.5, 0.6) is 5.75 Å². The largest absolute Gasteiger partial charge is 0.496 e. The molecule has 0 spiro atoms. The second-order valence-corrected chi connectivity index (χ2v) is 7.22. The normalized spacial score (nSPS) is 14.7. The Morgan fingerprint density at radius 1 is 1.23 bits per heavy atom. The maximum Gasteiger partial charge on any atom is 0.246 e. The van der Waals surface area contributed by atoms with E-state index in [2.05, 4.69) is 25.8 Å². The van der Waals surface area contributed by atoms with Gasteiger partial charge in [0.25, 0.3) is 0 Å². The Hall–Kier alpha value is -2.05. The summed E-state index contributed by atoms with van der Waals surface area (Å²) in [5.41, 5.74) is 0.860. The molecule has 1 amide bonds. The lowest BCUT2D eigenvalue weighted by Gasteiger charge is -2.34. The molecule has 0 bridgehead atoms. The number of pyridine rings is 1. The molecule has 0 N–H and O–H groups in total. The first kappa shape index (κ1) is 18.7. The van der Waals surface area contributed by atoms with Gasteiger partial charge in [0.1, 0.15) is 11.6 Å². The van der Waals surface area contributed by atoms with Crippen molar-refractivity contribution in [3.8, 4) is 5.75 Å². The monoisotopic (exact) mass is 435 g/mol. The van der Waals surface area contributed by atoms with E-state index in [1.165, 1.54) is 0 Å². The molecule has 1 saturated heterocycles. The van der Waals surface area contributed by atoms with Crippen LogP contribution < -0.4 is 9.64 Å². The van der Waals surface area contributed by atoms with Gasteiger partial charge in [-0.3, -0.25) is 4.79 Å². The molecule has 1 aromatic heterocycles. The fraction of sp³-hybridized carbons (Fsp3) is 0.263. The predicted molar refractivity (Wildman–Crippen MR) is 108 cm³/mol. The van der Waals surface area contributed by atoms with Gasteiger partial charge in [0.2, 0.25) is 5.91 Å². The van der Waals surface area contributed by atoms with E-state index in [-0.39, 0.29) is 5.91 Å². The standard InChI is InChI=1S/C19H19BrClN3O2/c1-26-17-5-3-15(20)12-14(17)2-7-19(25)24-10-8-23(9-11-24)18-6-4-16(21)13-22-18/h2-7,12-13H,8-11H2,1H3/b7-2+. The first-order chi connectivity index (χ1) is 12.6. The minimum atomic E-state index is -0.00394. The summed E-state index contributed by atoms with van der Waals surface area (Å²) in [4.78, 5) is 20.8. The molecule has 1 aromatic carbocycles. The Labute approximate surface area is 166 Å². The van der Waals surface area contributed by atoms with Crippen molar-refractivity contribution in [2.45, 2.75) is 0 Å². The van der Waals surface area contributed by atoms with Gasteiger partial charge in [-0.2, -0.15) is 0 Å². The lowest BCUT2D eigenvalue weighted by atomic mass is 10.2. The Morgan fingerprint density at radius 3 is 2.65 bits per heavy atom. The van der Waals surface area contributed by atoms with Crippen molar-refractivity contribution in [3.63, 3.8) is 0 Å². The Kier molecular flexibility index (Phi) is 6.16. The quantitative estimate of drug-likeness (QED) is 0.683. The number of halogens is 2. The third-order valence-corrected chi connectivity index (χ3v) is 4.94. The van der Waals surface area contributed by atoms with E-state index >= 15 is 0 Å². The molecule has 5 nitrogen and oxygen atoms in total. The van der Waals surface area contributed by atoms with Gasteiger partial charge in [-0.25, -0.2) is 4.98 Å². The van der Waals surface area contributed by atoms with Gasteiger partial charge in [-0.15, -0.1) is 0 Å². The van der Waals surface area contributed by atoms with Gasteiger partial charge in [-0.05, 0) is 36.4 Å². The first-order valence-corrected chi connectivity index (χ1v) is 9.41. The molecule has 1 aliphatic heterocycles. The lowest BCUT2D eigenvalue weighted by molar-refractivity contribution is -0.126. The van der Waals surface area contributed by atoms with Crippen LogP contribution in [-0.4, -0.2) is 49.1 Å². The van der Waals surface area contributed by atoms with Crippen LogP contribution in [0.1, 0.15) is 5.56 Å². The van der Waals surface area contributed by atoms with E-state index in [9.17, 15) is 4.79 Å². The van der Waals surface area contributed by atoms with Gasteiger partial charge in [0.05, 0.1) is 12.1 Å². The molecule has 1 aliphatic rings. The van der Waals surface area contributed by atoms with Crippen molar-refractivity contribution >= 4 is 45.3 Å².